The highest BCUT2D eigenvalue weighted by Gasteiger charge is 2.31. The summed E-state index contributed by atoms with van der Waals surface area (Å²) in [4.78, 5) is 12.4. The minimum atomic E-state index is -3.65. The van der Waals surface area contributed by atoms with E-state index in [1.165, 1.54) is 28.6 Å². The average molecular weight is 408 g/mol. The summed E-state index contributed by atoms with van der Waals surface area (Å²) >= 11 is 0. The van der Waals surface area contributed by atoms with Gasteiger partial charge in [-0.25, -0.2) is 17.2 Å². The van der Waals surface area contributed by atoms with Gasteiger partial charge in [0.15, 0.2) is 0 Å². The first-order valence-electron chi connectivity index (χ1n) is 9.03. The number of piperidine rings is 1. The zero-order valence-corrected chi connectivity index (χ0v) is 16.5. The normalized spacial score (nSPS) is 20.7. The number of carbonyl (C=O) groups is 1. The molecule has 1 amide bonds. The highest BCUT2D eigenvalue weighted by atomic mass is 32.2. The van der Waals surface area contributed by atoms with Crippen LogP contribution in [0.4, 0.5) is 14.5 Å². The Bertz CT molecular complexity index is 967. The lowest BCUT2D eigenvalue weighted by Gasteiger charge is -2.34. The number of nitrogens with zero attached hydrogens (tertiary/aromatic N) is 1. The minimum absolute atomic E-state index is 0.0993. The van der Waals surface area contributed by atoms with Crippen LogP contribution in [0.5, 0.6) is 0 Å². The smallest absolute Gasteiger partial charge is 0.255 e. The molecule has 0 radical (unpaired) electrons. The Morgan fingerprint density at radius 3 is 2.25 bits per heavy atom. The van der Waals surface area contributed by atoms with Gasteiger partial charge < -0.3 is 5.32 Å². The highest BCUT2D eigenvalue weighted by molar-refractivity contribution is 7.89. The molecular weight excluding hydrogens is 386 g/mol. The van der Waals surface area contributed by atoms with Gasteiger partial charge in [0.2, 0.25) is 10.0 Å². The lowest BCUT2D eigenvalue weighted by atomic mass is 9.94. The van der Waals surface area contributed by atoms with Gasteiger partial charge in [-0.05, 0) is 54.7 Å². The van der Waals surface area contributed by atoms with E-state index in [1.54, 1.807) is 0 Å². The number of amides is 1. The summed E-state index contributed by atoms with van der Waals surface area (Å²) in [7, 11) is -3.65. The summed E-state index contributed by atoms with van der Waals surface area (Å²) in [6, 6.07) is 8.18. The summed E-state index contributed by atoms with van der Waals surface area (Å²) in [6.45, 7) is 4.98. The third kappa shape index (κ3) is 4.39. The highest BCUT2D eigenvalue weighted by Crippen LogP contribution is 2.27. The first kappa shape index (κ1) is 20.4. The van der Waals surface area contributed by atoms with Crippen LogP contribution in [0.25, 0.3) is 0 Å². The molecule has 5 nitrogen and oxygen atoms in total. The molecule has 3 rings (SSSR count). The maximum absolute atomic E-state index is 13.7. The number of rotatable bonds is 4. The Kier molecular flexibility index (Phi) is 5.81. The molecule has 0 unspecified atom stereocenters. The Hall–Kier alpha value is -2.32. The van der Waals surface area contributed by atoms with E-state index >= 15 is 0 Å². The number of sulfonamides is 1. The monoisotopic (exact) mass is 408 g/mol. The fourth-order valence-electron chi connectivity index (χ4n) is 3.52. The second-order valence-corrected chi connectivity index (χ2v) is 9.31. The lowest BCUT2D eigenvalue weighted by molar-refractivity contribution is 0.102. The number of hydrogen-bond donors (Lipinski definition) is 1. The Balaban J connectivity index is 1.77. The molecule has 2 aromatic rings. The van der Waals surface area contributed by atoms with Crippen molar-refractivity contribution in [2.75, 3.05) is 18.4 Å². The van der Waals surface area contributed by atoms with Gasteiger partial charge in [-0.3, -0.25) is 4.79 Å². The van der Waals surface area contributed by atoms with E-state index in [2.05, 4.69) is 5.32 Å². The predicted molar refractivity (Wildman–Crippen MR) is 102 cm³/mol. The van der Waals surface area contributed by atoms with E-state index in [0.717, 1.165) is 24.6 Å². The molecule has 1 aliphatic heterocycles. The maximum Gasteiger partial charge on any atom is 0.255 e. The maximum atomic E-state index is 13.7. The standard InChI is InChI=1S/C20H22F2N2O3S/c1-13-9-14(2)12-24(11-13)28(26,27)17-6-3-15(4-7-17)20(25)23-19-10-16(21)5-8-18(19)22/h3-8,10,13-14H,9,11-12H2,1-2H3,(H,23,25)/t13-,14+. The van der Waals surface area contributed by atoms with Crippen LogP contribution in [0.15, 0.2) is 47.4 Å². The van der Waals surface area contributed by atoms with Gasteiger partial charge in [0, 0.05) is 24.7 Å². The van der Waals surface area contributed by atoms with E-state index < -0.39 is 27.6 Å². The summed E-state index contributed by atoms with van der Waals surface area (Å²) in [5.74, 6) is -1.53. The van der Waals surface area contributed by atoms with Crippen LogP contribution in [-0.2, 0) is 10.0 Å². The van der Waals surface area contributed by atoms with E-state index in [1.807, 2.05) is 13.8 Å². The molecule has 150 valence electrons. The first-order valence-corrected chi connectivity index (χ1v) is 10.5. The third-order valence-electron chi connectivity index (χ3n) is 4.77. The number of halogens is 2. The van der Waals surface area contributed by atoms with Gasteiger partial charge >= 0.3 is 0 Å². The molecule has 1 aliphatic rings. The van der Waals surface area contributed by atoms with Crippen molar-refractivity contribution < 1.29 is 22.0 Å². The van der Waals surface area contributed by atoms with Crippen molar-refractivity contribution in [3.05, 3.63) is 59.7 Å². The number of hydrogen-bond acceptors (Lipinski definition) is 3. The van der Waals surface area contributed by atoms with Crippen molar-refractivity contribution in [2.24, 2.45) is 11.8 Å². The van der Waals surface area contributed by atoms with E-state index in [9.17, 15) is 22.0 Å². The molecule has 0 saturated carbocycles. The molecule has 1 N–H and O–H groups in total. The summed E-state index contributed by atoms with van der Waals surface area (Å²) in [5.41, 5.74) is -0.138. The zero-order valence-electron chi connectivity index (χ0n) is 15.7. The quantitative estimate of drug-likeness (QED) is 0.835. The van der Waals surface area contributed by atoms with Crippen molar-refractivity contribution in [3.8, 4) is 0 Å². The van der Waals surface area contributed by atoms with Crippen molar-refractivity contribution in [1.82, 2.24) is 4.31 Å². The molecule has 2 aromatic carbocycles. The molecule has 2 atom stereocenters. The molecule has 0 aliphatic carbocycles. The molecule has 0 aromatic heterocycles. The number of benzene rings is 2. The summed E-state index contributed by atoms with van der Waals surface area (Å²) in [6.07, 6.45) is 0.988. The molecule has 8 heteroatoms. The predicted octanol–water partition coefficient (Wildman–Crippen LogP) is 3.88. The number of nitrogens with one attached hydrogen (secondary N) is 1. The lowest BCUT2D eigenvalue weighted by Crippen LogP contribution is -2.42. The summed E-state index contributed by atoms with van der Waals surface area (Å²) in [5, 5.41) is 2.29. The van der Waals surface area contributed by atoms with Crippen LogP contribution in [0.2, 0.25) is 0 Å². The van der Waals surface area contributed by atoms with Crippen LogP contribution in [0.1, 0.15) is 30.6 Å². The zero-order chi connectivity index (χ0) is 20.5. The van der Waals surface area contributed by atoms with E-state index in [0.29, 0.717) is 13.1 Å². The molecule has 1 fully saturated rings. The number of carbonyl (C=O) groups excluding carboxylic acids is 1. The fourth-order valence-corrected chi connectivity index (χ4v) is 5.20. The minimum Gasteiger partial charge on any atom is -0.319 e. The van der Waals surface area contributed by atoms with Gasteiger partial charge in [0.05, 0.1) is 10.6 Å². The van der Waals surface area contributed by atoms with Crippen molar-refractivity contribution in [1.29, 1.82) is 0 Å². The number of anilines is 1. The molecule has 28 heavy (non-hydrogen) atoms. The molecule has 0 bridgehead atoms. The van der Waals surface area contributed by atoms with Crippen molar-refractivity contribution in [2.45, 2.75) is 25.2 Å². The molecule has 0 spiro atoms. The summed E-state index contributed by atoms with van der Waals surface area (Å²) < 4.78 is 54.1. The molecule has 1 heterocycles. The van der Waals surface area contributed by atoms with Crippen LogP contribution < -0.4 is 5.32 Å². The van der Waals surface area contributed by atoms with E-state index in [4.69, 9.17) is 0 Å². The molecule has 1 saturated heterocycles. The second-order valence-electron chi connectivity index (χ2n) is 7.37. The Morgan fingerprint density at radius 1 is 1.04 bits per heavy atom. The van der Waals surface area contributed by atoms with Gasteiger partial charge in [0.25, 0.3) is 5.91 Å². The van der Waals surface area contributed by atoms with Gasteiger partial charge in [0.1, 0.15) is 11.6 Å². The second kappa shape index (κ2) is 7.97. The van der Waals surface area contributed by atoms with Crippen molar-refractivity contribution >= 4 is 21.6 Å². The average Bonchev–Trinajstić information content (AvgIpc) is 2.64. The fraction of sp³-hybridized carbons (Fsp3) is 0.350. The van der Waals surface area contributed by atoms with Crippen LogP contribution in [-0.4, -0.2) is 31.7 Å². The SMILES string of the molecule is C[C@@H]1C[C@H](C)CN(S(=O)(=O)c2ccc(C(=O)Nc3cc(F)ccc3F)cc2)C1. The van der Waals surface area contributed by atoms with Crippen LogP contribution >= 0.6 is 0 Å². The van der Waals surface area contributed by atoms with Crippen LogP contribution in [0, 0.1) is 23.5 Å². The van der Waals surface area contributed by atoms with Gasteiger partial charge in [-0.15, -0.1) is 0 Å². The van der Waals surface area contributed by atoms with E-state index in [-0.39, 0.29) is 28.0 Å². The molecular formula is C20H22F2N2O3S. The van der Waals surface area contributed by atoms with Crippen molar-refractivity contribution in [3.63, 3.8) is 0 Å². The first-order chi connectivity index (χ1) is 13.2. The Labute approximate surface area is 163 Å². The van der Waals surface area contributed by atoms with Crippen LogP contribution in [0.3, 0.4) is 0 Å². The van der Waals surface area contributed by atoms with Gasteiger partial charge in [-0.2, -0.15) is 4.31 Å². The largest absolute Gasteiger partial charge is 0.319 e. The third-order valence-corrected chi connectivity index (χ3v) is 6.61. The topological polar surface area (TPSA) is 66.5 Å². The Morgan fingerprint density at radius 2 is 1.64 bits per heavy atom. The van der Waals surface area contributed by atoms with Gasteiger partial charge in [-0.1, -0.05) is 13.8 Å².